The minimum atomic E-state index is -0.279. The van der Waals surface area contributed by atoms with Crippen molar-refractivity contribution in [2.45, 2.75) is 51.5 Å². The molecule has 4 rings (SSSR count). The largest absolute Gasteiger partial charge is 0.344 e. The first-order valence-electron chi connectivity index (χ1n) is 7.72. The molecule has 4 fully saturated rings. The van der Waals surface area contributed by atoms with Crippen LogP contribution in [0.1, 0.15) is 45.4 Å². The predicted molar refractivity (Wildman–Crippen MR) is 75.0 cm³/mol. The van der Waals surface area contributed by atoms with Crippen LogP contribution in [-0.2, 0) is 4.79 Å². The minimum absolute atomic E-state index is 0.123. The molecule has 1 atom stereocenters. The van der Waals surface area contributed by atoms with E-state index in [0.717, 1.165) is 24.3 Å². The standard InChI is InChI=1S/C15H27N3O/c1-10(17-16)14(19)18(2)9-15-6-11-3-12(7-15)5-13(4-11)8-15/h10-13,17H,3-9,16H2,1-2H3. The highest BCUT2D eigenvalue weighted by Gasteiger charge is 2.51. The van der Waals surface area contributed by atoms with Crippen molar-refractivity contribution in [3.63, 3.8) is 0 Å². The first kappa shape index (κ1) is 13.4. The molecule has 108 valence electrons. The van der Waals surface area contributed by atoms with Gasteiger partial charge in [-0.3, -0.25) is 10.6 Å². The Morgan fingerprint density at radius 1 is 1.26 bits per heavy atom. The Kier molecular flexibility index (Phi) is 3.34. The highest BCUT2D eigenvalue weighted by Crippen LogP contribution is 2.60. The summed E-state index contributed by atoms with van der Waals surface area (Å²) in [5.74, 6) is 8.33. The van der Waals surface area contributed by atoms with E-state index in [1.165, 1.54) is 38.5 Å². The van der Waals surface area contributed by atoms with Gasteiger partial charge in [0.2, 0.25) is 5.91 Å². The van der Waals surface area contributed by atoms with Gasteiger partial charge in [0.05, 0.1) is 6.04 Å². The van der Waals surface area contributed by atoms with Crippen LogP contribution in [0.2, 0.25) is 0 Å². The highest BCUT2D eigenvalue weighted by atomic mass is 16.2. The van der Waals surface area contributed by atoms with Crippen molar-refractivity contribution in [2.75, 3.05) is 13.6 Å². The van der Waals surface area contributed by atoms with Crippen LogP contribution in [0, 0.1) is 23.2 Å². The molecule has 4 aliphatic carbocycles. The van der Waals surface area contributed by atoms with Gasteiger partial charge in [-0.15, -0.1) is 0 Å². The number of hydrogen-bond acceptors (Lipinski definition) is 3. The monoisotopic (exact) mass is 265 g/mol. The lowest BCUT2D eigenvalue weighted by atomic mass is 9.49. The number of amides is 1. The number of rotatable bonds is 4. The van der Waals surface area contributed by atoms with Crippen LogP contribution < -0.4 is 11.3 Å². The third-order valence-electron chi connectivity index (χ3n) is 5.73. The van der Waals surface area contributed by atoms with Crippen LogP contribution in [0.4, 0.5) is 0 Å². The number of carbonyl (C=O) groups excluding carboxylic acids is 1. The number of hydrazine groups is 1. The van der Waals surface area contributed by atoms with Gasteiger partial charge in [0.1, 0.15) is 0 Å². The third kappa shape index (κ3) is 2.40. The molecule has 4 nitrogen and oxygen atoms in total. The van der Waals surface area contributed by atoms with Crippen molar-refractivity contribution in [1.82, 2.24) is 10.3 Å². The predicted octanol–water partition coefficient (Wildman–Crippen LogP) is 1.51. The average molecular weight is 265 g/mol. The molecule has 3 N–H and O–H groups in total. The summed E-state index contributed by atoms with van der Waals surface area (Å²) in [5, 5.41) is 0. The van der Waals surface area contributed by atoms with E-state index in [0.29, 0.717) is 5.41 Å². The lowest BCUT2D eigenvalue weighted by Gasteiger charge is -2.57. The Morgan fingerprint density at radius 3 is 2.16 bits per heavy atom. The summed E-state index contributed by atoms with van der Waals surface area (Å²) in [7, 11) is 1.94. The number of hydrogen-bond donors (Lipinski definition) is 2. The molecule has 1 unspecified atom stereocenters. The second kappa shape index (κ2) is 4.74. The summed E-state index contributed by atoms with van der Waals surface area (Å²) in [4.78, 5) is 14.1. The fourth-order valence-electron chi connectivity index (χ4n) is 5.47. The maximum absolute atomic E-state index is 12.2. The molecule has 0 aromatic rings. The lowest BCUT2D eigenvalue weighted by molar-refractivity contribution is -0.137. The van der Waals surface area contributed by atoms with Gasteiger partial charge in [-0.25, -0.2) is 5.43 Å². The van der Waals surface area contributed by atoms with Crippen molar-refractivity contribution < 1.29 is 4.79 Å². The Morgan fingerprint density at radius 2 is 1.74 bits per heavy atom. The van der Waals surface area contributed by atoms with E-state index in [9.17, 15) is 4.79 Å². The summed E-state index contributed by atoms with van der Waals surface area (Å²) >= 11 is 0. The molecule has 0 radical (unpaired) electrons. The Bertz CT molecular complexity index is 333. The molecule has 4 bridgehead atoms. The Labute approximate surface area is 116 Å². The molecular weight excluding hydrogens is 238 g/mol. The van der Waals surface area contributed by atoms with Crippen molar-refractivity contribution in [2.24, 2.45) is 29.0 Å². The molecular formula is C15H27N3O. The average Bonchev–Trinajstić information content (AvgIpc) is 2.34. The molecule has 0 saturated heterocycles. The van der Waals surface area contributed by atoms with E-state index in [-0.39, 0.29) is 11.9 Å². The lowest BCUT2D eigenvalue weighted by Crippen LogP contribution is -2.54. The van der Waals surface area contributed by atoms with Crippen molar-refractivity contribution in [3.8, 4) is 0 Å². The van der Waals surface area contributed by atoms with Crippen LogP contribution in [0.15, 0.2) is 0 Å². The quantitative estimate of drug-likeness (QED) is 0.598. The molecule has 1 amide bonds. The zero-order valence-corrected chi connectivity index (χ0v) is 12.2. The van der Waals surface area contributed by atoms with E-state index < -0.39 is 0 Å². The summed E-state index contributed by atoms with van der Waals surface area (Å²) in [6.45, 7) is 2.76. The fraction of sp³-hybridized carbons (Fsp3) is 0.933. The van der Waals surface area contributed by atoms with E-state index >= 15 is 0 Å². The van der Waals surface area contributed by atoms with E-state index in [2.05, 4.69) is 5.43 Å². The number of nitrogens with one attached hydrogen (secondary N) is 1. The minimum Gasteiger partial charge on any atom is -0.344 e. The molecule has 0 spiro atoms. The van der Waals surface area contributed by atoms with E-state index in [1.807, 2.05) is 18.9 Å². The number of likely N-dealkylation sites (N-methyl/N-ethyl adjacent to an activating group) is 1. The number of carbonyl (C=O) groups is 1. The summed E-state index contributed by atoms with van der Waals surface area (Å²) < 4.78 is 0. The molecule has 4 aliphatic rings. The topological polar surface area (TPSA) is 58.4 Å². The third-order valence-corrected chi connectivity index (χ3v) is 5.73. The van der Waals surface area contributed by atoms with Crippen LogP contribution in [0.5, 0.6) is 0 Å². The van der Waals surface area contributed by atoms with Crippen molar-refractivity contribution in [3.05, 3.63) is 0 Å². The second-order valence-electron chi connectivity index (χ2n) is 7.50. The summed E-state index contributed by atoms with van der Waals surface area (Å²) in [5.41, 5.74) is 2.99. The van der Waals surface area contributed by atoms with Gasteiger partial charge < -0.3 is 4.90 Å². The molecule has 19 heavy (non-hydrogen) atoms. The van der Waals surface area contributed by atoms with Gasteiger partial charge in [-0.1, -0.05) is 0 Å². The van der Waals surface area contributed by atoms with Gasteiger partial charge >= 0.3 is 0 Å². The second-order valence-corrected chi connectivity index (χ2v) is 7.50. The first-order valence-corrected chi connectivity index (χ1v) is 7.72. The SMILES string of the molecule is CC(NN)C(=O)N(C)CC12CC3CC(CC(C3)C1)C2. The van der Waals surface area contributed by atoms with Crippen LogP contribution >= 0.6 is 0 Å². The van der Waals surface area contributed by atoms with Crippen LogP contribution in [0.3, 0.4) is 0 Å². The Hall–Kier alpha value is -0.610. The maximum atomic E-state index is 12.2. The summed E-state index contributed by atoms with van der Waals surface area (Å²) in [6.07, 6.45) is 8.41. The van der Waals surface area contributed by atoms with E-state index in [1.54, 1.807) is 0 Å². The van der Waals surface area contributed by atoms with Crippen molar-refractivity contribution >= 4 is 5.91 Å². The molecule has 0 aromatic heterocycles. The zero-order chi connectivity index (χ0) is 13.6. The Balaban J connectivity index is 1.67. The smallest absolute Gasteiger partial charge is 0.240 e. The van der Waals surface area contributed by atoms with Gasteiger partial charge in [0.15, 0.2) is 0 Å². The van der Waals surface area contributed by atoms with Crippen LogP contribution in [-0.4, -0.2) is 30.4 Å². The molecule has 0 aliphatic heterocycles. The van der Waals surface area contributed by atoms with Crippen LogP contribution in [0.25, 0.3) is 0 Å². The van der Waals surface area contributed by atoms with Crippen molar-refractivity contribution in [1.29, 1.82) is 0 Å². The molecule has 4 heteroatoms. The van der Waals surface area contributed by atoms with Gasteiger partial charge in [-0.05, 0) is 68.6 Å². The molecule has 0 aromatic carbocycles. The first-order chi connectivity index (χ1) is 9.01. The van der Waals surface area contributed by atoms with Gasteiger partial charge in [-0.2, -0.15) is 0 Å². The normalized spacial score (nSPS) is 41.3. The maximum Gasteiger partial charge on any atom is 0.240 e. The molecule has 4 saturated carbocycles. The van der Waals surface area contributed by atoms with Gasteiger partial charge in [0, 0.05) is 13.6 Å². The zero-order valence-electron chi connectivity index (χ0n) is 12.2. The fourth-order valence-corrected chi connectivity index (χ4v) is 5.47. The molecule has 0 heterocycles. The van der Waals surface area contributed by atoms with Gasteiger partial charge in [0.25, 0.3) is 0 Å². The number of nitrogens with two attached hydrogens (primary N) is 1. The number of nitrogens with zero attached hydrogens (tertiary/aromatic N) is 1. The summed E-state index contributed by atoms with van der Waals surface area (Å²) in [6, 6.07) is -0.279. The van der Waals surface area contributed by atoms with E-state index in [4.69, 9.17) is 5.84 Å². The highest BCUT2D eigenvalue weighted by molar-refractivity contribution is 5.81.